The molecular formula is C23H38OS. The van der Waals surface area contributed by atoms with Crippen molar-refractivity contribution in [3.05, 3.63) is 23.3 Å². The number of aryl methyl sites for hydroxylation is 2. The Hall–Kier alpha value is -0.630. The second-order valence-electron chi connectivity index (χ2n) is 8.38. The van der Waals surface area contributed by atoms with E-state index in [9.17, 15) is 5.11 Å². The third-order valence-electron chi connectivity index (χ3n) is 5.44. The molecule has 1 nitrogen and oxygen atoms in total. The Balaban J connectivity index is 1.66. The highest BCUT2D eigenvalue weighted by molar-refractivity contribution is 8.00. The smallest absolute Gasteiger partial charge is 0.119 e. The van der Waals surface area contributed by atoms with E-state index in [-0.39, 0.29) is 0 Å². The summed E-state index contributed by atoms with van der Waals surface area (Å²) >= 11 is 1.98. The Morgan fingerprint density at radius 2 is 1.52 bits per heavy atom. The number of benzene rings is 1. The Bertz CT molecular complexity index is 521. The van der Waals surface area contributed by atoms with Crippen molar-refractivity contribution in [2.45, 2.75) is 114 Å². The molecule has 142 valence electrons. The van der Waals surface area contributed by atoms with Crippen LogP contribution in [-0.4, -0.2) is 9.85 Å². The van der Waals surface area contributed by atoms with Crippen LogP contribution in [0.3, 0.4) is 0 Å². The molecule has 0 atom stereocenters. The molecule has 0 bridgehead atoms. The zero-order valence-electron chi connectivity index (χ0n) is 16.7. The van der Waals surface area contributed by atoms with Crippen molar-refractivity contribution in [1.82, 2.24) is 0 Å². The van der Waals surface area contributed by atoms with E-state index in [4.69, 9.17) is 0 Å². The van der Waals surface area contributed by atoms with E-state index in [0.29, 0.717) is 10.5 Å². The van der Waals surface area contributed by atoms with Crippen molar-refractivity contribution in [3.63, 3.8) is 0 Å². The number of hydrogen-bond acceptors (Lipinski definition) is 2. The lowest BCUT2D eigenvalue weighted by Crippen LogP contribution is -2.20. The van der Waals surface area contributed by atoms with Gasteiger partial charge < -0.3 is 5.11 Å². The molecule has 1 aliphatic rings. The van der Waals surface area contributed by atoms with Gasteiger partial charge in [-0.3, -0.25) is 0 Å². The first kappa shape index (κ1) is 20.7. The predicted molar refractivity (Wildman–Crippen MR) is 112 cm³/mol. The molecule has 0 fully saturated rings. The van der Waals surface area contributed by atoms with Crippen LogP contribution in [-0.2, 0) is 12.8 Å². The molecule has 1 aromatic carbocycles. The van der Waals surface area contributed by atoms with Crippen molar-refractivity contribution in [2.24, 2.45) is 0 Å². The summed E-state index contributed by atoms with van der Waals surface area (Å²) in [6.07, 6.45) is 16.9. The molecule has 0 spiro atoms. The van der Waals surface area contributed by atoms with E-state index in [2.05, 4.69) is 26.8 Å². The van der Waals surface area contributed by atoms with Gasteiger partial charge in [0.1, 0.15) is 5.75 Å². The first-order chi connectivity index (χ1) is 12.0. The lowest BCUT2D eigenvalue weighted by Gasteiger charge is -2.31. The molecule has 25 heavy (non-hydrogen) atoms. The summed E-state index contributed by atoms with van der Waals surface area (Å²) in [6.45, 7) is 6.94. The van der Waals surface area contributed by atoms with Crippen LogP contribution in [0.2, 0.25) is 0 Å². The Morgan fingerprint density at radius 3 is 2.16 bits per heavy atom. The first-order valence-electron chi connectivity index (χ1n) is 10.6. The molecule has 0 saturated heterocycles. The third-order valence-corrected chi connectivity index (χ3v) is 6.80. The third kappa shape index (κ3) is 7.25. The second kappa shape index (κ2) is 10.5. The van der Waals surface area contributed by atoms with E-state index in [1.165, 1.54) is 81.1 Å². The molecule has 0 amide bonds. The highest BCUT2D eigenvalue weighted by Crippen LogP contribution is 2.44. The Kier molecular flexibility index (Phi) is 8.69. The zero-order valence-corrected chi connectivity index (χ0v) is 17.5. The minimum Gasteiger partial charge on any atom is -0.508 e. The summed E-state index contributed by atoms with van der Waals surface area (Å²) in [6, 6.07) is 4.30. The molecule has 1 heterocycles. The van der Waals surface area contributed by atoms with Gasteiger partial charge in [-0.1, -0.05) is 78.6 Å². The van der Waals surface area contributed by atoms with Gasteiger partial charge >= 0.3 is 0 Å². The van der Waals surface area contributed by atoms with Crippen LogP contribution in [0, 0.1) is 0 Å². The van der Waals surface area contributed by atoms with Crippen LogP contribution in [0.25, 0.3) is 0 Å². The van der Waals surface area contributed by atoms with Gasteiger partial charge in [0.05, 0.1) is 0 Å². The SMILES string of the molecule is CCCCCCCCCCCCc1cc2c(cc1O)CCC(C)(C)S2. The fourth-order valence-corrected chi connectivity index (χ4v) is 5.02. The van der Waals surface area contributed by atoms with Crippen molar-refractivity contribution in [2.75, 3.05) is 0 Å². The zero-order chi connectivity index (χ0) is 18.1. The van der Waals surface area contributed by atoms with Crippen LogP contribution < -0.4 is 0 Å². The van der Waals surface area contributed by atoms with E-state index in [1.807, 2.05) is 17.8 Å². The Labute approximate surface area is 160 Å². The maximum atomic E-state index is 10.3. The molecule has 0 radical (unpaired) electrons. The van der Waals surface area contributed by atoms with E-state index in [0.717, 1.165) is 18.4 Å². The molecular weight excluding hydrogens is 324 g/mol. The molecule has 1 aliphatic heterocycles. The monoisotopic (exact) mass is 362 g/mol. The molecule has 2 rings (SSSR count). The van der Waals surface area contributed by atoms with Crippen LogP contribution in [0.5, 0.6) is 5.75 Å². The number of thioether (sulfide) groups is 1. The van der Waals surface area contributed by atoms with E-state index in [1.54, 1.807) is 0 Å². The fourth-order valence-electron chi connectivity index (χ4n) is 3.73. The highest BCUT2D eigenvalue weighted by atomic mass is 32.2. The van der Waals surface area contributed by atoms with Gasteiger partial charge in [0.25, 0.3) is 0 Å². The summed E-state index contributed by atoms with van der Waals surface area (Å²) in [7, 11) is 0. The summed E-state index contributed by atoms with van der Waals surface area (Å²) in [5.41, 5.74) is 2.50. The van der Waals surface area contributed by atoms with Crippen LogP contribution in [0.4, 0.5) is 0 Å². The molecule has 1 N–H and O–H groups in total. The van der Waals surface area contributed by atoms with Gasteiger partial charge in [0, 0.05) is 9.64 Å². The molecule has 0 unspecified atom stereocenters. The number of aromatic hydroxyl groups is 1. The van der Waals surface area contributed by atoms with Gasteiger partial charge in [0.2, 0.25) is 0 Å². The van der Waals surface area contributed by atoms with Gasteiger partial charge in [-0.15, -0.1) is 11.8 Å². The normalized spacial score (nSPS) is 16.0. The maximum Gasteiger partial charge on any atom is 0.119 e. The topological polar surface area (TPSA) is 20.2 Å². The standard InChI is InChI=1S/C23H38OS/c1-4-5-6-7-8-9-10-11-12-13-14-19-18-22-20(17-21(19)24)15-16-23(2,3)25-22/h17-18,24H,4-16H2,1-3H3. The second-order valence-corrected chi connectivity index (χ2v) is 10.1. The number of phenolic OH excluding ortho intramolecular Hbond substituents is 1. The summed E-state index contributed by atoms with van der Waals surface area (Å²) < 4.78 is 0.332. The van der Waals surface area contributed by atoms with Crippen molar-refractivity contribution >= 4 is 11.8 Å². The number of phenols is 1. The number of hydrogen-bond donors (Lipinski definition) is 1. The molecule has 0 aromatic heterocycles. The van der Waals surface area contributed by atoms with Gasteiger partial charge in [-0.25, -0.2) is 0 Å². The van der Waals surface area contributed by atoms with E-state index >= 15 is 0 Å². The van der Waals surface area contributed by atoms with Crippen LogP contribution >= 0.6 is 11.8 Å². The highest BCUT2D eigenvalue weighted by Gasteiger charge is 2.26. The van der Waals surface area contributed by atoms with E-state index < -0.39 is 0 Å². The number of rotatable bonds is 11. The lowest BCUT2D eigenvalue weighted by molar-refractivity contribution is 0.463. The minimum absolute atomic E-state index is 0.332. The Morgan fingerprint density at radius 1 is 0.920 bits per heavy atom. The maximum absolute atomic E-state index is 10.3. The molecule has 1 aromatic rings. The number of fused-ring (bicyclic) bond motifs is 1. The molecule has 2 heteroatoms. The van der Waals surface area contributed by atoms with Gasteiger partial charge in [-0.05, 0) is 48.9 Å². The largest absolute Gasteiger partial charge is 0.508 e. The predicted octanol–water partition coefficient (Wildman–Crippen LogP) is 7.67. The minimum atomic E-state index is 0.332. The number of unbranched alkanes of at least 4 members (excludes halogenated alkanes) is 9. The van der Waals surface area contributed by atoms with Crippen LogP contribution in [0.1, 0.15) is 103 Å². The fraction of sp³-hybridized carbons (Fsp3) is 0.739. The summed E-state index contributed by atoms with van der Waals surface area (Å²) in [5.74, 6) is 0.523. The summed E-state index contributed by atoms with van der Waals surface area (Å²) in [5, 5.41) is 10.3. The summed E-state index contributed by atoms with van der Waals surface area (Å²) in [4.78, 5) is 1.40. The van der Waals surface area contributed by atoms with Crippen molar-refractivity contribution in [3.8, 4) is 5.75 Å². The quantitative estimate of drug-likeness (QED) is 0.407. The lowest BCUT2D eigenvalue weighted by atomic mass is 9.97. The average molecular weight is 363 g/mol. The molecule has 0 aliphatic carbocycles. The van der Waals surface area contributed by atoms with Crippen molar-refractivity contribution in [1.29, 1.82) is 0 Å². The first-order valence-corrected chi connectivity index (χ1v) is 11.4. The van der Waals surface area contributed by atoms with Crippen LogP contribution in [0.15, 0.2) is 17.0 Å². The van der Waals surface area contributed by atoms with Gasteiger partial charge in [-0.2, -0.15) is 0 Å². The van der Waals surface area contributed by atoms with Crippen molar-refractivity contribution < 1.29 is 5.11 Å². The molecule has 0 saturated carbocycles. The average Bonchev–Trinajstić information content (AvgIpc) is 2.57. The van der Waals surface area contributed by atoms with Gasteiger partial charge in [0.15, 0.2) is 0 Å².